The van der Waals surface area contributed by atoms with Crippen LogP contribution in [0.5, 0.6) is 0 Å². The zero-order chi connectivity index (χ0) is 10.1. The number of nitrogens with zero attached hydrogens (tertiary/aromatic N) is 2. The first-order chi connectivity index (χ1) is 6.74. The molecule has 0 aliphatic rings. The van der Waals surface area contributed by atoms with E-state index in [1.54, 1.807) is 24.5 Å². The second kappa shape index (κ2) is 3.42. The molecule has 0 N–H and O–H groups in total. The molecule has 0 saturated carbocycles. The van der Waals surface area contributed by atoms with Crippen molar-refractivity contribution in [3.8, 4) is 0 Å². The molecule has 3 nitrogen and oxygen atoms in total. The monoisotopic (exact) mass is 208 g/mol. The Morgan fingerprint density at radius 2 is 2.29 bits per heavy atom. The van der Waals surface area contributed by atoms with Gasteiger partial charge in [0.25, 0.3) is 5.56 Å². The SMILES string of the molecule is CCn1cnc2cccc(Cl)c2c1=O. The molecule has 0 amide bonds. The Hall–Kier alpha value is -1.35. The second-order valence-electron chi connectivity index (χ2n) is 2.97. The summed E-state index contributed by atoms with van der Waals surface area (Å²) in [7, 11) is 0. The average molecular weight is 209 g/mol. The minimum atomic E-state index is -0.0805. The first kappa shape index (κ1) is 9.21. The third kappa shape index (κ3) is 1.30. The van der Waals surface area contributed by atoms with E-state index in [1.165, 1.54) is 4.57 Å². The van der Waals surface area contributed by atoms with E-state index in [1.807, 2.05) is 6.92 Å². The summed E-state index contributed by atoms with van der Waals surface area (Å²) in [6.45, 7) is 2.50. The molecule has 0 unspecified atom stereocenters. The van der Waals surface area contributed by atoms with Crippen molar-refractivity contribution in [1.29, 1.82) is 0 Å². The van der Waals surface area contributed by atoms with Crippen molar-refractivity contribution in [1.82, 2.24) is 9.55 Å². The molecule has 0 radical (unpaired) electrons. The van der Waals surface area contributed by atoms with Gasteiger partial charge in [0.1, 0.15) is 0 Å². The van der Waals surface area contributed by atoms with Gasteiger partial charge in [0.05, 0.1) is 22.3 Å². The van der Waals surface area contributed by atoms with Crippen LogP contribution in [0.2, 0.25) is 5.02 Å². The van der Waals surface area contributed by atoms with E-state index < -0.39 is 0 Å². The summed E-state index contributed by atoms with van der Waals surface area (Å²) in [5.74, 6) is 0. The molecule has 4 heteroatoms. The maximum Gasteiger partial charge on any atom is 0.262 e. The number of hydrogen-bond acceptors (Lipinski definition) is 2. The highest BCUT2D eigenvalue weighted by Crippen LogP contribution is 2.17. The van der Waals surface area contributed by atoms with Crippen molar-refractivity contribution in [2.24, 2.45) is 0 Å². The second-order valence-corrected chi connectivity index (χ2v) is 3.38. The lowest BCUT2D eigenvalue weighted by atomic mass is 10.2. The highest BCUT2D eigenvalue weighted by molar-refractivity contribution is 6.35. The molecule has 0 fully saturated rings. The molecule has 14 heavy (non-hydrogen) atoms. The molecule has 0 saturated heterocycles. The molecule has 0 bridgehead atoms. The van der Waals surface area contributed by atoms with Crippen LogP contribution in [-0.4, -0.2) is 9.55 Å². The summed E-state index contributed by atoms with van der Waals surface area (Å²) < 4.78 is 1.54. The van der Waals surface area contributed by atoms with Crippen molar-refractivity contribution in [2.45, 2.75) is 13.5 Å². The van der Waals surface area contributed by atoms with E-state index in [0.717, 1.165) is 0 Å². The van der Waals surface area contributed by atoms with Crippen LogP contribution in [0.25, 0.3) is 10.9 Å². The molecule has 72 valence electrons. The van der Waals surface area contributed by atoms with Crippen LogP contribution in [0, 0.1) is 0 Å². The fourth-order valence-corrected chi connectivity index (χ4v) is 1.64. The van der Waals surface area contributed by atoms with Crippen LogP contribution in [0.4, 0.5) is 0 Å². The van der Waals surface area contributed by atoms with Gasteiger partial charge in [0.15, 0.2) is 0 Å². The van der Waals surface area contributed by atoms with Gasteiger partial charge in [0, 0.05) is 6.54 Å². The van der Waals surface area contributed by atoms with Crippen molar-refractivity contribution in [2.75, 3.05) is 0 Å². The Kier molecular flexibility index (Phi) is 2.25. The van der Waals surface area contributed by atoms with Gasteiger partial charge in [-0.1, -0.05) is 17.7 Å². The van der Waals surface area contributed by atoms with Gasteiger partial charge in [-0.15, -0.1) is 0 Å². The largest absolute Gasteiger partial charge is 0.299 e. The third-order valence-electron chi connectivity index (χ3n) is 2.14. The van der Waals surface area contributed by atoms with Crippen LogP contribution < -0.4 is 5.56 Å². The lowest BCUT2D eigenvalue weighted by Gasteiger charge is -2.03. The summed E-state index contributed by atoms with van der Waals surface area (Å²) in [5, 5.41) is 0.960. The number of halogens is 1. The van der Waals surface area contributed by atoms with Gasteiger partial charge in [0.2, 0.25) is 0 Å². The van der Waals surface area contributed by atoms with Crippen molar-refractivity contribution < 1.29 is 0 Å². The maximum atomic E-state index is 11.8. The summed E-state index contributed by atoms with van der Waals surface area (Å²) in [6, 6.07) is 5.27. The summed E-state index contributed by atoms with van der Waals surface area (Å²) in [4.78, 5) is 16.0. The first-order valence-electron chi connectivity index (χ1n) is 4.37. The summed E-state index contributed by atoms with van der Waals surface area (Å²) >= 11 is 5.94. The number of hydrogen-bond donors (Lipinski definition) is 0. The number of rotatable bonds is 1. The highest BCUT2D eigenvalue weighted by Gasteiger charge is 2.05. The van der Waals surface area contributed by atoms with Crippen molar-refractivity contribution >= 4 is 22.5 Å². The molecule has 0 spiro atoms. The molecule has 1 aromatic carbocycles. The standard InChI is InChI=1S/C10H9ClN2O/c1-2-13-6-12-8-5-3-4-7(11)9(8)10(13)14/h3-6H,2H2,1H3. The fourth-order valence-electron chi connectivity index (χ4n) is 1.39. The molecule has 1 aromatic heterocycles. The molecular weight excluding hydrogens is 200 g/mol. The van der Waals surface area contributed by atoms with Crippen molar-refractivity contribution in [3.05, 3.63) is 39.9 Å². The zero-order valence-corrected chi connectivity index (χ0v) is 8.45. The fraction of sp³-hybridized carbons (Fsp3) is 0.200. The van der Waals surface area contributed by atoms with E-state index >= 15 is 0 Å². The minimum absolute atomic E-state index is 0.0805. The van der Waals surface area contributed by atoms with E-state index in [4.69, 9.17) is 11.6 Å². The van der Waals surface area contributed by atoms with E-state index in [0.29, 0.717) is 22.5 Å². The molecule has 2 rings (SSSR count). The molecule has 1 heterocycles. The molecule has 0 aliphatic heterocycles. The summed E-state index contributed by atoms with van der Waals surface area (Å²) in [6.07, 6.45) is 1.54. The van der Waals surface area contributed by atoms with E-state index in [2.05, 4.69) is 4.98 Å². The Morgan fingerprint density at radius 3 is 3.00 bits per heavy atom. The Bertz CT molecular complexity index is 533. The lowest BCUT2D eigenvalue weighted by molar-refractivity contribution is 0.717. The van der Waals surface area contributed by atoms with Crippen LogP contribution in [0.1, 0.15) is 6.92 Å². The Morgan fingerprint density at radius 1 is 1.50 bits per heavy atom. The van der Waals surface area contributed by atoms with Gasteiger partial charge < -0.3 is 0 Å². The third-order valence-corrected chi connectivity index (χ3v) is 2.46. The maximum absolute atomic E-state index is 11.8. The number of benzene rings is 1. The van der Waals surface area contributed by atoms with E-state index in [-0.39, 0.29) is 5.56 Å². The number of aryl methyl sites for hydroxylation is 1. The quantitative estimate of drug-likeness (QED) is 0.719. The predicted octanol–water partition coefficient (Wildman–Crippen LogP) is 2.07. The number of aromatic nitrogens is 2. The van der Waals surface area contributed by atoms with E-state index in [9.17, 15) is 4.79 Å². The number of fused-ring (bicyclic) bond motifs is 1. The average Bonchev–Trinajstić information content (AvgIpc) is 2.18. The highest BCUT2D eigenvalue weighted by atomic mass is 35.5. The first-order valence-corrected chi connectivity index (χ1v) is 4.75. The summed E-state index contributed by atoms with van der Waals surface area (Å²) in [5.41, 5.74) is 0.565. The van der Waals surface area contributed by atoms with Crippen LogP contribution >= 0.6 is 11.6 Å². The van der Waals surface area contributed by atoms with Crippen LogP contribution in [0.15, 0.2) is 29.3 Å². The zero-order valence-electron chi connectivity index (χ0n) is 7.70. The molecule has 0 atom stereocenters. The lowest BCUT2D eigenvalue weighted by Crippen LogP contribution is -2.19. The van der Waals surface area contributed by atoms with Gasteiger partial charge >= 0.3 is 0 Å². The smallest absolute Gasteiger partial charge is 0.262 e. The van der Waals surface area contributed by atoms with Crippen LogP contribution in [0.3, 0.4) is 0 Å². The predicted molar refractivity (Wildman–Crippen MR) is 56.7 cm³/mol. The van der Waals surface area contributed by atoms with Crippen molar-refractivity contribution in [3.63, 3.8) is 0 Å². The topological polar surface area (TPSA) is 34.9 Å². The molecule has 2 aromatic rings. The molecular formula is C10H9ClN2O. The van der Waals surface area contributed by atoms with Gasteiger partial charge in [-0.2, -0.15) is 0 Å². The normalized spacial score (nSPS) is 10.7. The van der Waals surface area contributed by atoms with Gasteiger partial charge in [-0.3, -0.25) is 9.36 Å². The minimum Gasteiger partial charge on any atom is -0.299 e. The Labute approximate surface area is 86.0 Å². The van der Waals surface area contributed by atoms with Gasteiger partial charge in [-0.25, -0.2) is 4.98 Å². The van der Waals surface area contributed by atoms with Gasteiger partial charge in [-0.05, 0) is 19.1 Å². The van der Waals surface area contributed by atoms with Crippen LogP contribution in [-0.2, 0) is 6.54 Å². The Balaban J connectivity index is 2.94. The molecule has 0 aliphatic carbocycles.